The maximum Gasteiger partial charge on any atom is 0.418 e. The second-order valence-corrected chi connectivity index (χ2v) is 12.5. The molecule has 1 aromatic carbocycles. The summed E-state index contributed by atoms with van der Waals surface area (Å²) in [4.78, 5) is 36.8. The molecule has 1 fully saturated rings. The molecule has 270 valence electrons. The molecule has 0 aliphatic heterocycles. The van der Waals surface area contributed by atoms with E-state index in [1.165, 1.54) is 18.2 Å². The average Bonchev–Trinajstić information content (AvgIpc) is 3.41. The lowest BCUT2D eigenvalue weighted by Crippen LogP contribution is -2.62. The SMILES string of the molecule is CC(O)(C(N)C(=O)NCc1ccc(Cl)c(Cc2nc3nc(OCC(F)F)c(C(=O)NC4CCC(C(F)(F)F)CC4)cc3[nH]2)c1Cl)C(F)(F)F. The van der Waals surface area contributed by atoms with Gasteiger partial charge in [-0.2, -0.15) is 31.3 Å². The number of benzene rings is 1. The van der Waals surface area contributed by atoms with Crippen LogP contribution in [0, 0.1) is 5.92 Å². The molecule has 3 aromatic rings. The molecule has 6 N–H and O–H groups in total. The third-order valence-corrected chi connectivity index (χ3v) is 8.95. The number of nitrogens with one attached hydrogen (secondary N) is 3. The maximum absolute atomic E-state index is 13.2. The number of alkyl halides is 8. The molecule has 49 heavy (non-hydrogen) atoms. The predicted molar refractivity (Wildman–Crippen MR) is 160 cm³/mol. The van der Waals surface area contributed by atoms with E-state index in [2.05, 4.69) is 25.6 Å². The minimum Gasteiger partial charge on any atom is -0.471 e. The van der Waals surface area contributed by atoms with Gasteiger partial charge in [-0.05, 0) is 55.9 Å². The van der Waals surface area contributed by atoms with E-state index in [1.54, 1.807) is 0 Å². The monoisotopic (exact) mass is 748 g/mol. The Morgan fingerprint density at radius 3 is 2.35 bits per heavy atom. The molecule has 0 spiro atoms. The van der Waals surface area contributed by atoms with Gasteiger partial charge in [-0.25, -0.2) is 13.8 Å². The summed E-state index contributed by atoms with van der Waals surface area (Å²) in [6.45, 7) is -1.14. The van der Waals surface area contributed by atoms with Crippen molar-refractivity contribution in [3.8, 4) is 5.88 Å². The normalized spacial score (nSPS) is 19.1. The van der Waals surface area contributed by atoms with Crippen LogP contribution < -0.4 is 21.1 Å². The Morgan fingerprint density at radius 1 is 1.10 bits per heavy atom. The number of carbonyl (C=O) groups excluding carboxylic acids is 2. The van der Waals surface area contributed by atoms with Crippen LogP contribution in [0.15, 0.2) is 18.2 Å². The summed E-state index contributed by atoms with van der Waals surface area (Å²) in [5.41, 5.74) is 2.15. The quantitative estimate of drug-likeness (QED) is 0.160. The summed E-state index contributed by atoms with van der Waals surface area (Å²) >= 11 is 12.9. The molecular weight excluding hydrogens is 719 g/mol. The van der Waals surface area contributed by atoms with Gasteiger partial charge in [0.15, 0.2) is 17.9 Å². The molecule has 0 saturated heterocycles. The number of rotatable bonds is 11. The number of H-pyrrole nitrogens is 1. The molecule has 10 nitrogen and oxygen atoms in total. The number of hydrogen-bond acceptors (Lipinski definition) is 7. The van der Waals surface area contributed by atoms with Crippen molar-refractivity contribution in [2.75, 3.05) is 6.61 Å². The van der Waals surface area contributed by atoms with Crippen LogP contribution in [-0.4, -0.2) is 74.9 Å². The number of amides is 2. The fraction of sp³-hybridized carbons (Fsp3) is 0.517. The van der Waals surface area contributed by atoms with Crippen LogP contribution in [0.5, 0.6) is 5.88 Å². The maximum atomic E-state index is 13.2. The smallest absolute Gasteiger partial charge is 0.418 e. The van der Waals surface area contributed by atoms with Crippen LogP contribution in [0.1, 0.15) is 59.9 Å². The minimum atomic E-state index is -5.18. The van der Waals surface area contributed by atoms with Crippen molar-refractivity contribution in [1.29, 1.82) is 0 Å². The summed E-state index contributed by atoms with van der Waals surface area (Å²) in [5.74, 6) is -3.91. The lowest BCUT2D eigenvalue weighted by molar-refractivity contribution is -0.258. The molecule has 1 aliphatic rings. The zero-order valence-electron chi connectivity index (χ0n) is 25.4. The van der Waals surface area contributed by atoms with Gasteiger partial charge >= 0.3 is 12.4 Å². The van der Waals surface area contributed by atoms with E-state index in [0.29, 0.717) is 6.92 Å². The van der Waals surface area contributed by atoms with Gasteiger partial charge in [0.1, 0.15) is 17.4 Å². The van der Waals surface area contributed by atoms with Crippen molar-refractivity contribution in [1.82, 2.24) is 25.6 Å². The van der Waals surface area contributed by atoms with Gasteiger partial charge < -0.3 is 31.2 Å². The third kappa shape index (κ3) is 9.01. The first-order valence-electron chi connectivity index (χ1n) is 14.6. The highest BCUT2D eigenvalue weighted by molar-refractivity contribution is 6.36. The second kappa shape index (κ2) is 14.8. The first-order valence-corrected chi connectivity index (χ1v) is 15.4. The predicted octanol–water partition coefficient (Wildman–Crippen LogP) is 5.61. The molecule has 0 radical (unpaired) electrons. The zero-order chi connectivity index (χ0) is 36.5. The summed E-state index contributed by atoms with van der Waals surface area (Å²) in [6, 6.07) is 1.08. The number of fused-ring (bicyclic) bond motifs is 1. The van der Waals surface area contributed by atoms with E-state index < -0.39 is 73.2 Å². The number of pyridine rings is 1. The fourth-order valence-electron chi connectivity index (χ4n) is 5.14. The van der Waals surface area contributed by atoms with Crippen molar-refractivity contribution in [3.63, 3.8) is 0 Å². The molecule has 1 aliphatic carbocycles. The number of carbonyl (C=O) groups is 2. The molecule has 2 atom stereocenters. The first kappa shape index (κ1) is 38.3. The highest BCUT2D eigenvalue weighted by atomic mass is 35.5. The summed E-state index contributed by atoms with van der Waals surface area (Å²) in [6.07, 6.45) is -12.8. The van der Waals surface area contributed by atoms with Crippen molar-refractivity contribution in [2.24, 2.45) is 11.7 Å². The van der Waals surface area contributed by atoms with Crippen molar-refractivity contribution >= 4 is 46.2 Å². The molecule has 1 saturated carbocycles. The van der Waals surface area contributed by atoms with Gasteiger partial charge in [-0.3, -0.25) is 9.59 Å². The molecule has 2 amide bonds. The van der Waals surface area contributed by atoms with E-state index >= 15 is 0 Å². The van der Waals surface area contributed by atoms with Crippen LogP contribution in [0.4, 0.5) is 35.1 Å². The molecule has 2 aromatic heterocycles. The number of aromatic nitrogens is 3. The highest BCUT2D eigenvalue weighted by Crippen LogP contribution is 2.38. The van der Waals surface area contributed by atoms with Crippen LogP contribution >= 0.6 is 23.2 Å². The Balaban J connectivity index is 1.54. The van der Waals surface area contributed by atoms with E-state index in [0.717, 1.165) is 0 Å². The third-order valence-electron chi connectivity index (χ3n) is 8.13. The molecule has 4 rings (SSSR count). The summed E-state index contributed by atoms with van der Waals surface area (Å²) in [7, 11) is 0. The first-order chi connectivity index (χ1) is 22.7. The van der Waals surface area contributed by atoms with Gasteiger partial charge in [0.2, 0.25) is 11.8 Å². The number of hydrogen-bond donors (Lipinski definition) is 5. The lowest BCUT2D eigenvalue weighted by Gasteiger charge is -2.31. The molecule has 2 unspecified atom stereocenters. The fourth-order valence-corrected chi connectivity index (χ4v) is 5.71. The van der Waals surface area contributed by atoms with Crippen molar-refractivity contribution in [2.45, 2.75) is 82.0 Å². The molecular formula is C29H30Cl2F8N6O4. The standard InChI is InChI=1S/C29H30Cl2F8N6O4/c1-27(48,29(37,38)39)22(40)25(47)41-10-12-2-7-17(30)15(21(12)31)9-20-43-18-8-16(26(45-23(18)44-20)49-11-19(32)33)24(46)42-14-5-3-13(4-6-14)28(34,35)36/h2,7-8,13-14,19,22,48H,3-6,9-11,40H2,1H3,(H,41,47)(H,42,46)(H,43,44,45). The van der Waals surface area contributed by atoms with Crippen LogP contribution in [-0.2, 0) is 17.8 Å². The van der Waals surface area contributed by atoms with Crippen LogP contribution in [0.25, 0.3) is 11.2 Å². The van der Waals surface area contributed by atoms with Gasteiger partial charge in [0, 0.05) is 24.0 Å². The number of halogens is 10. The van der Waals surface area contributed by atoms with E-state index in [1.807, 2.05) is 0 Å². The topological polar surface area (TPSA) is 155 Å². The van der Waals surface area contributed by atoms with Crippen LogP contribution in [0.2, 0.25) is 10.0 Å². The number of ether oxygens (including phenoxy) is 1. The molecule has 20 heteroatoms. The van der Waals surface area contributed by atoms with Gasteiger partial charge in [0.25, 0.3) is 12.3 Å². The number of imidazole rings is 1. The Labute approximate surface area is 283 Å². The van der Waals surface area contributed by atoms with Gasteiger partial charge in [-0.15, -0.1) is 0 Å². The van der Waals surface area contributed by atoms with Crippen molar-refractivity contribution in [3.05, 3.63) is 50.8 Å². The number of aliphatic hydroxyl groups is 1. The average molecular weight is 749 g/mol. The number of nitrogens with zero attached hydrogens (tertiary/aromatic N) is 2. The Hall–Kier alpha value is -3.48. The minimum absolute atomic E-state index is 0.00126. The zero-order valence-corrected chi connectivity index (χ0v) is 26.9. The van der Waals surface area contributed by atoms with Crippen molar-refractivity contribution < 1.29 is 54.6 Å². The van der Waals surface area contributed by atoms with Gasteiger partial charge in [-0.1, -0.05) is 29.3 Å². The lowest BCUT2D eigenvalue weighted by atomic mass is 9.85. The molecule has 0 bridgehead atoms. The Morgan fingerprint density at radius 2 is 1.76 bits per heavy atom. The summed E-state index contributed by atoms with van der Waals surface area (Å²) in [5, 5.41) is 14.6. The van der Waals surface area contributed by atoms with E-state index in [4.69, 9.17) is 33.7 Å². The van der Waals surface area contributed by atoms with Crippen LogP contribution in [0.3, 0.4) is 0 Å². The molecule has 2 heterocycles. The Kier molecular flexibility index (Phi) is 11.6. The Bertz CT molecular complexity index is 1680. The summed E-state index contributed by atoms with van der Waals surface area (Å²) < 4.78 is 110. The van der Waals surface area contributed by atoms with E-state index in [9.17, 15) is 49.8 Å². The van der Waals surface area contributed by atoms with Gasteiger partial charge in [0.05, 0.1) is 16.5 Å². The largest absolute Gasteiger partial charge is 0.471 e. The number of aromatic amines is 1. The second-order valence-electron chi connectivity index (χ2n) is 11.7. The number of nitrogens with two attached hydrogens (primary N) is 1. The highest BCUT2D eigenvalue weighted by Gasteiger charge is 2.56. The van der Waals surface area contributed by atoms with E-state index in [-0.39, 0.29) is 75.8 Å².